The van der Waals surface area contributed by atoms with Gasteiger partial charge in [-0.25, -0.2) is 4.79 Å². The average molecular weight is 390 g/mol. The Hall–Kier alpha value is -3.41. The fraction of sp³-hybridized carbons (Fsp3) is 0.438. The maximum atomic E-state index is 12.8. The van der Waals surface area contributed by atoms with Crippen LogP contribution in [-0.2, 0) is 11.8 Å². The molecule has 0 spiro atoms. The number of hydrogen-bond donors (Lipinski definition) is 4. The molecule has 12 nitrogen and oxygen atoms in total. The van der Waals surface area contributed by atoms with Crippen LogP contribution in [0.3, 0.4) is 0 Å². The molecule has 4 N–H and O–H groups in total. The highest BCUT2D eigenvalue weighted by atomic mass is 16.5. The molecule has 1 fully saturated rings. The number of carbonyl (C=O) groups excluding carboxylic acids is 3. The summed E-state index contributed by atoms with van der Waals surface area (Å²) in [6.45, 7) is 0.0579. The van der Waals surface area contributed by atoms with Gasteiger partial charge in [-0.2, -0.15) is 10.2 Å². The molecule has 150 valence electrons. The normalized spacial score (nSPS) is 20.8. The van der Waals surface area contributed by atoms with Gasteiger partial charge >= 0.3 is 6.03 Å². The molecular formula is C16H22N8O4. The molecule has 2 bridgehead atoms. The van der Waals surface area contributed by atoms with Crippen LogP contribution in [0.1, 0.15) is 33.8 Å². The zero-order valence-corrected chi connectivity index (χ0v) is 15.9. The second-order valence-corrected chi connectivity index (χ2v) is 6.69. The van der Waals surface area contributed by atoms with Crippen LogP contribution in [0.25, 0.3) is 0 Å². The molecule has 0 aromatic carbocycles. The number of aromatic nitrogens is 2. The number of urea groups is 1. The average Bonchev–Trinajstić information content (AvgIpc) is 3.12. The van der Waals surface area contributed by atoms with Crippen LogP contribution < -0.4 is 10.6 Å². The van der Waals surface area contributed by atoms with Crippen molar-refractivity contribution in [1.82, 2.24) is 35.3 Å². The molecule has 4 amide bonds. The van der Waals surface area contributed by atoms with E-state index in [1.807, 2.05) is 0 Å². The quantitative estimate of drug-likeness (QED) is 0.381. The summed E-state index contributed by atoms with van der Waals surface area (Å²) in [5.74, 6) is -0.979. The smallest absolute Gasteiger partial charge is 0.345 e. The summed E-state index contributed by atoms with van der Waals surface area (Å²) >= 11 is 0. The van der Waals surface area contributed by atoms with Gasteiger partial charge in [-0.1, -0.05) is 0 Å². The van der Waals surface area contributed by atoms with Crippen molar-refractivity contribution in [2.75, 3.05) is 27.7 Å². The molecule has 0 saturated carbocycles. The summed E-state index contributed by atoms with van der Waals surface area (Å²) in [6, 6.07) is -2.53. The van der Waals surface area contributed by atoms with E-state index in [1.54, 1.807) is 28.2 Å². The van der Waals surface area contributed by atoms with Crippen molar-refractivity contribution in [3.8, 4) is 0 Å². The first-order chi connectivity index (χ1) is 13.2. The number of nitrogens with zero attached hydrogens (tertiary/aromatic N) is 5. The van der Waals surface area contributed by atoms with Crippen molar-refractivity contribution in [3.63, 3.8) is 0 Å². The minimum atomic E-state index is -1.000. The largest absolute Gasteiger partial charge is 0.392 e. The van der Waals surface area contributed by atoms with E-state index >= 15 is 0 Å². The summed E-state index contributed by atoms with van der Waals surface area (Å²) in [5.41, 5.74) is 0.877. The van der Waals surface area contributed by atoms with Gasteiger partial charge in [0, 0.05) is 46.2 Å². The number of amides is 4. The van der Waals surface area contributed by atoms with E-state index in [9.17, 15) is 19.6 Å². The van der Waals surface area contributed by atoms with E-state index in [2.05, 4.69) is 15.7 Å². The lowest BCUT2D eigenvalue weighted by molar-refractivity contribution is -0.134. The standard InChI is InChI=1S/C16H22N8O4/c1-18-6-8(5-17)19-14(25)11-10-9-7-23(16(27)24(9)28)13(15(26)21(2)3)12(10)22(4)20-11/h5-6,9,13,17-18,28H,7H2,1-4H3,(H,19,25)/b8-6+,17-5?/t9-,13+/m1/s1. The van der Waals surface area contributed by atoms with Gasteiger partial charge in [-0.05, 0) is 0 Å². The molecule has 28 heavy (non-hydrogen) atoms. The van der Waals surface area contributed by atoms with Crippen LogP contribution in [0.2, 0.25) is 0 Å². The lowest BCUT2D eigenvalue weighted by Crippen LogP contribution is -2.44. The van der Waals surface area contributed by atoms with Gasteiger partial charge in [0.05, 0.1) is 17.9 Å². The molecule has 12 heteroatoms. The molecule has 1 aromatic rings. The monoisotopic (exact) mass is 390 g/mol. The van der Waals surface area contributed by atoms with Crippen LogP contribution in [-0.4, -0.2) is 81.6 Å². The summed E-state index contributed by atoms with van der Waals surface area (Å²) in [6.07, 6.45) is 2.39. The summed E-state index contributed by atoms with van der Waals surface area (Å²) in [7, 11) is 6.32. The van der Waals surface area contributed by atoms with E-state index in [-0.39, 0.29) is 23.8 Å². The van der Waals surface area contributed by atoms with Crippen molar-refractivity contribution in [1.29, 1.82) is 5.41 Å². The molecule has 0 unspecified atom stereocenters. The topological polar surface area (TPSA) is 147 Å². The fourth-order valence-electron chi connectivity index (χ4n) is 3.51. The lowest BCUT2D eigenvalue weighted by atomic mass is 9.94. The Balaban J connectivity index is 2.12. The maximum absolute atomic E-state index is 12.8. The van der Waals surface area contributed by atoms with Gasteiger partial charge in [0.25, 0.3) is 11.8 Å². The number of hydrogen-bond acceptors (Lipinski definition) is 7. The predicted octanol–water partition coefficient (Wildman–Crippen LogP) is -0.829. The second kappa shape index (κ2) is 6.96. The molecular weight excluding hydrogens is 368 g/mol. The summed E-state index contributed by atoms with van der Waals surface area (Å²) < 4.78 is 1.38. The maximum Gasteiger partial charge on any atom is 0.345 e. The van der Waals surface area contributed by atoms with Crippen molar-refractivity contribution in [3.05, 3.63) is 28.8 Å². The molecule has 3 rings (SSSR count). The predicted molar refractivity (Wildman–Crippen MR) is 96.5 cm³/mol. The minimum absolute atomic E-state index is 0.0173. The zero-order valence-electron chi connectivity index (χ0n) is 15.9. The van der Waals surface area contributed by atoms with Crippen molar-refractivity contribution >= 4 is 24.1 Å². The molecule has 2 atom stereocenters. The van der Waals surface area contributed by atoms with Gasteiger partial charge in [0.1, 0.15) is 6.04 Å². The van der Waals surface area contributed by atoms with Gasteiger partial charge in [0.15, 0.2) is 11.7 Å². The summed E-state index contributed by atoms with van der Waals surface area (Å²) in [4.78, 5) is 40.6. The highest BCUT2D eigenvalue weighted by molar-refractivity contribution is 6.00. The highest BCUT2D eigenvalue weighted by Gasteiger charge is 2.53. The number of rotatable bonds is 5. The number of carbonyl (C=O) groups is 3. The summed E-state index contributed by atoms with van der Waals surface area (Å²) in [5, 5.41) is 27.7. The molecule has 0 aliphatic carbocycles. The Bertz CT molecular complexity index is 889. The Morgan fingerprint density at radius 2 is 2.07 bits per heavy atom. The third kappa shape index (κ3) is 2.78. The number of nitrogens with one attached hydrogen (secondary N) is 3. The van der Waals surface area contributed by atoms with Gasteiger partial charge in [-0.3, -0.25) is 19.5 Å². The van der Waals surface area contributed by atoms with Gasteiger partial charge in [-0.15, -0.1) is 0 Å². The minimum Gasteiger partial charge on any atom is -0.392 e. The van der Waals surface area contributed by atoms with Crippen LogP contribution in [0.5, 0.6) is 0 Å². The Morgan fingerprint density at radius 1 is 1.39 bits per heavy atom. The number of hydroxylamine groups is 2. The number of allylic oxidation sites excluding steroid dienone is 1. The van der Waals surface area contributed by atoms with E-state index in [0.29, 0.717) is 16.3 Å². The van der Waals surface area contributed by atoms with E-state index < -0.39 is 24.0 Å². The second-order valence-electron chi connectivity index (χ2n) is 6.69. The molecule has 3 heterocycles. The van der Waals surface area contributed by atoms with E-state index in [4.69, 9.17) is 5.41 Å². The molecule has 1 aromatic heterocycles. The van der Waals surface area contributed by atoms with E-state index in [1.165, 1.54) is 20.7 Å². The van der Waals surface area contributed by atoms with Crippen LogP contribution in [0.4, 0.5) is 4.79 Å². The SMILES string of the molecule is CN/C=C(\C=N)NC(=O)c1nn(C)c2c1[C@H]1CN(C(=O)N1O)[C@@H]2C(=O)N(C)C. The zero-order chi connectivity index (χ0) is 20.7. The number of fused-ring (bicyclic) bond motifs is 4. The highest BCUT2D eigenvalue weighted by Crippen LogP contribution is 2.44. The third-order valence-electron chi connectivity index (χ3n) is 4.74. The van der Waals surface area contributed by atoms with Crippen LogP contribution in [0, 0.1) is 5.41 Å². The lowest BCUT2D eigenvalue weighted by Gasteiger charge is -2.31. The van der Waals surface area contributed by atoms with E-state index in [0.717, 1.165) is 6.21 Å². The molecule has 0 radical (unpaired) electrons. The van der Waals surface area contributed by atoms with Crippen molar-refractivity contribution in [2.24, 2.45) is 7.05 Å². The first kappa shape index (κ1) is 19.4. The Labute approximate surface area is 160 Å². The first-order valence-corrected chi connectivity index (χ1v) is 8.48. The molecule has 2 aliphatic rings. The molecule has 2 aliphatic heterocycles. The number of aryl methyl sites for hydroxylation is 1. The van der Waals surface area contributed by atoms with Gasteiger partial charge < -0.3 is 25.8 Å². The van der Waals surface area contributed by atoms with Crippen LogP contribution >= 0.6 is 0 Å². The van der Waals surface area contributed by atoms with Crippen molar-refractivity contribution < 1.29 is 19.6 Å². The van der Waals surface area contributed by atoms with Crippen molar-refractivity contribution in [2.45, 2.75) is 12.1 Å². The molecule has 1 saturated heterocycles. The first-order valence-electron chi connectivity index (χ1n) is 8.48. The van der Waals surface area contributed by atoms with Gasteiger partial charge in [0.2, 0.25) is 0 Å². The Kier molecular flexibility index (Phi) is 4.81. The third-order valence-corrected chi connectivity index (χ3v) is 4.74. The Morgan fingerprint density at radius 3 is 2.64 bits per heavy atom. The fourth-order valence-corrected chi connectivity index (χ4v) is 3.51. The number of likely N-dealkylation sites (N-methyl/N-ethyl adjacent to an activating group) is 1. The van der Waals surface area contributed by atoms with Crippen LogP contribution in [0.15, 0.2) is 11.9 Å².